The van der Waals surface area contributed by atoms with Gasteiger partial charge in [-0.3, -0.25) is 14.4 Å². The first-order valence-electron chi connectivity index (χ1n) is 8.31. The van der Waals surface area contributed by atoms with Crippen LogP contribution in [0.25, 0.3) is 0 Å². The molecule has 6 heteroatoms. The van der Waals surface area contributed by atoms with Crippen molar-refractivity contribution >= 4 is 17.8 Å². The maximum absolute atomic E-state index is 12.6. The molecule has 0 spiro atoms. The van der Waals surface area contributed by atoms with Gasteiger partial charge in [-0.05, 0) is 18.4 Å². The molecular formula is C18H26N2O4. The van der Waals surface area contributed by atoms with Gasteiger partial charge in [0, 0.05) is 6.54 Å². The maximum atomic E-state index is 12.6. The number of nitrogens with zero attached hydrogens (tertiary/aromatic N) is 1. The van der Waals surface area contributed by atoms with Crippen LogP contribution >= 0.6 is 0 Å². The second-order valence-electron chi connectivity index (χ2n) is 5.72. The monoisotopic (exact) mass is 334 g/mol. The van der Waals surface area contributed by atoms with Crippen molar-refractivity contribution in [2.45, 2.75) is 45.6 Å². The van der Waals surface area contributed by atoms with Crippen molar-refractivity contribution in [3.63, 3.8) is 0 Å². The fraction of sp³-hybridized carbons (Fsp3) is 0.500. The average molecular weight is 334 g/mol. The van der Waals surface area contributed by atoms with Crippen molar-refractivity contribution in [2.75, 3.05) is 13.1 Å². The minimum absolute atomic E-state index is 0.195. The van der Waals surface area contributed by atoms with E-state index in [1.165, 1.54) is 4.90 Å². The number of hydrogen-bond acceptors (Lipinski definition) is 3. The van der Waals surface area contributed by atoms with Crippen molar-refractivity contribution in [1.82, 2.24) is 10.2 Å². The third-order valence-electron chi connectivity index (χ3n) is 3.55. The minimum Gasteiger partial charge on any atom is -0.480 e. The number of carbonyl (C=O) groups excluding carboxylic acids is 2. The first-order chi connectivity index (χ1) is 11.5. The van der Waals surface area contributed by atoms with Gasteiger partial charge in [-0.1, -0.05) is 50.6 Å². The molecule has 2 N–H and O–H groups in total. The fourth-order valence-corrected chi connectivity index (χ4v) is 2.49. The Balaban J connectivity index is 2.74. The molecule has 24 heavy (non-hydrogen) atoms. The number of nitrogens with one attached hydrogen (secondary N) is 1. The van der Waals surface area contributed by atoms with Gasteiger partial charge in [-0.15, -0.1) is 0 Å². The van der Waals surface area contributed by atoms with Gasteiger partial charge in [-0.25, -0.2) is 0 Å². The summed E-state index contributed by atoms with van der Waals surface area (Å²) in [5.41, 5.74) is 0.869. The zero-order chi connectivity index (χ0) is 17.9. The van der Waals surface area contributed by atoms with Crippen LogP contribution in [-0.2, 0) is 20.8 Å². The molecule has 0 saturated heterocycles. The van der Waals surface area contributed by atoms with Gasteiger partial charge < -0.3 is 15.3 Å². The molecule has 1 atom stereocenters. The second kappa shape index (κ2) is 10.4. The van der Waals surface area contributed by atoms with Gasteiger partial charge in [0.1, 0.15) is 12.6 Å². The molecule has 0 radical (unpaired) electrons. The Morgan fingerprint density at radius 1 is 1.12 bits per heavy atom. The molecule has 1 aromatic carbocycles. The zero-order valence-electron chi connectivity index (χ0n) is 14.3. The lowest BCUT2D eigenvalue weighted by Gasteiger charge is -2.26. The smallest absolute Gasteiger partial charge is 0.323 e. The number of carbonyl (C=O) groups is 3. The third-order valence-corrected chi connectivity index (χ3v) is 3.55. The number of amides is 2. The summed E-state index contributed by atoms with van der Waals surface area (Å²) < 4.78 is 0. The fourth-order valence-electron chi connectivity index (χ4n) is 2.49. The van der Waals surface area contributed by atoms with Gasteiger partial charge >= 0.3 is 5.97 Å². The number of rotatable bonds is 10. The van der Waals surface area contributed by atoms with Crippen molar-refractivity contribution < 1.29 is 19.5 Å². The van der Waals surface area contributed by atoms with Crippen LogP contribution in [0, 0.1) is 0 Å². The van der Waals surface area contributed by atoms with Gasteiger partial charge in [0.05, 0.1) is 6.42 Å². The van der Waals surface area contributed by atoms with Crippen LogP contribution in [0.5, 0.6) is 0 Å². The summed E-state index contributed by atoms with van der Waals surface area (Å²) in [6.45, 7) is 3.82. The summed E-state index contributed by atoms with van der Waals surface area (Å²) in [6, 6.07) is 8.60. The van der Waals surface area contributed by atoms with Crippen LogP contribution in [0.3, 0.4) is 0 Å². The van der Waals surface area contributed by atoms with E-state index in [4.69, 9.17) is 5.11 Å². The van der Waals surface area contributed by atoms with Crippen molar-refractivity contribution in [2.24, 2.45) is 0 Å². The largest absolute Gasteiger partial charge is 0.480 e. The van der Waals surface area contributed by atoms with E-state index in [2.05, 4.69) is 5.32 Å². The van der Waals surface area contributed by atoms with E-state index in [9.17, 15) is 14.4 Å². The highest BCUT2D eigenvalue weighted by molar-refractivity contribution is 5.90. The Morgan fingerprint density at radius 3 is 2.33 bits per heavy atom. The standard InChI is InChI=1S/C18H26N2O4/c1-3-8-15(18(24)20(11-4-2)13-17(22)23)19-16(21)12-14-9-6-5-7-10-14/h5-7,9-10,15H,3-4,8,11-13H2,1-2H3,(H,19,21)(H,22,23). The molecule has 0 fully saturated rings. The quantitative estimate of drug-likeness (QED) is 0.683. The molecule has 0 heterocycles. The third kappa shape index (κ3) is 6.81. The molecule has 0 saturated carbocycles. The lowest BCUT2D eigenvalue weighted by atomic mass is 10.1. The van der Waals surface area contributed by atoms with Crippen LogP contribution in [0.1, 0.15) is 38.7 Å². The molecular weight excluding hydrogens is 308 g/mol. The summed E-state index contributed by atoms with van der Waals surface area (Å²) >= 11 is 0. The summed E-state index contributed by atoms with van der Waals surface area (Å²) in [7, 11) is 0. The Morgan fingerprint density at radius 2 is 1.79 bits per heavy atom. The normalized spacial score (nSPS) is 11.6. The van der Waals surface area contributed by atoms with E-state index in [1.54, 1.807) is 0 Å². The van der Waals surface area contributed by atoms with Gasteiger partial charge in [0.15, 0.2) is 0 Å². The Bertz CT molecular complexity index is 545. The molecule has 0 aliphatic carbocycles. The first-order valence-corrected chi connectivity index (χ1v) is 8.31. The molecule has 1 aromatic rings. The molecule has 0 aliphatic heterocycles. The van der Waals surface area contributed by atoms with Crippen molar-refractivity contribution in [3.8, 4) is 0 Å². The zero-order valence-corrected chi connectivity index (χ0v) is 14.3. The first kappa shape index (κ1) is 19.7. The second-order valence-corrected chi connectivity index (χ2v) is 5.72. The minimum atomic E-state index is -1.05. The van der Waals surface area contributed by atoms with E-state index in [-0.39, 0.29) is 24.8 Å². The molecule has 0 aromatic heterocycles. The number of carboxylic acids is 1. The SMILES string of the molecule is CCCC(NC(=O)Cc1ccccc1)C(=O)N(CCC)CC(=O)O. The van der Waals surface area contributed by atoms with Gasteiger partial charge in [0.2, 0.25) is 11.8 Å². The topological polar surface area (TPSA) is 86.7 Å². The predicted molar refractivity (Wildman–Crippen MR) is 91.5 cm³/mol. The van der Waals surface area contributed by atoms with Gasteiger partial charge in [-0.2, -0.15) is 0 Å². The number of aliphatic carboxylic acids is 1. The average Bonchev–Trinajstić information content (AvgIpc) is 2.54. The molecule has 1 unspecified atom stereocenters. The molecule has 6 nitrogen and oxygen atoms in total. The van der Waals surface area contributed by atoms with E-state index >= 15 is 0 Å². The molecule has 1 rings (SSSR count). The molecule has 2 amide bonds. The van der Waals surface area contributed by atoms with Crippen LogP contribution in [0.2, 0.25) is 0 Å². The number of carboxylic acid groups (broad SMARTS) is 1. The van der Waals surface area contributed by atoms with E-state index in [1.807, 2.05) is 44.2 Å². The summed E-state index contributed by atoms with van der Waals surface area (Å²) in [4.78, 5) is 37.0. The summed E-state index contributed by atoms with van der Waals surface area (Å²) in [5.74, 6) is -1.62. The lowest BCUT2D eigenvalue weighted by Crippen LogP contribution is -2.50. The number of benzene rings is 1. The van der Waals surface area contributed by atoms with E-state index < -0.39 is 12.0 Å². The Kier molecular flexibility index (Phi) is 8.54. The van der Waals surface area contributed by atoms with Crippen LogP contribution in [0.15, 0.2) is 30.3 Å². The van der Waals surface area contributed by atoms with Crippen LogP contribution in [0.4, 0.5) is 0 Å². The highest BCUT2D eigenvalue weighted by Crippen LogP contribution is 2.06. The summed E-state index contributed by atoms with van der Waals surface area (Å²) in [5, 5.41) is 11.7. The van der Waals surface area contributed by atoms with Crippen LogP contribution in [-0.4, -0.2) is 46.9 Å². The van der Waals surface area contributed by atoms with Crippen LogP contribution < -0.4 is 5.32 Å². The predicted octanol–water partition coefficient (Wildman–Crippen LogP) is 1.84. The lowest BCUT2D eigenvalue weighted by molar-refractivity contribution is -0.146. The summed E-state index contributed by atoms with van der Waals surface area (Å²) in [6.07, 6.45) is 2.06. The maximum Gasteiger partial charge on any atom is 0.323 e. The Hall–Kier alpha value is -2.37. The van der Waals surface area contributed by atoms with E-state index in [0.29, 0.717) is 19.4 Å². The molecule has 0 aliphatic rings. The molecule has 0 bridgehead atoms. The molecule has 132 valence electrons. The highest BCUT2D eigenvalue weighted by Gasteiger charge is 2.26. The Labute approximate surface area is 142 Å². The number of hydrogen-bond donors (Lipinski definition) is 2. The highest BCUT2D eigenvalue weighted by atomic mass is 16.4. The van der Waals surface area contributed by atoms with E-state index in [0.717, 1.165) is 12.0 Å². The van der Waals surface area contributed by atoms with Crippen molar-refractivity contribution in [1.29, 1.82) is 0 Å². The van der Waals surface area contributed by atoms with Gasteiger partial charge in [0.25, 0.3) is 0 Å². The van der Waals surface area contributed by atoms with Crippen molar-refractivity contribution in [3.05, 3.63) is 35.9 Å².